The van der Waals surface area contributed by atoms with Crippen LogP contribution in [0.4, 0.5) is 5.69 Å². The highest BCUT2D eigenvalue weighted by atomic mass is 35.5. The minimum Gasteiger partial charge on any atom is -0.492 e. The molecule has 0 aliphatic carbocycles. The molecule has 11 heteroatoms. The summed E-state index contributed by atoms with van der Waals surface area (Å²) in [5.74, 6) is -0.360. The van der Waals surface area contributed by atoms with Gasteiger partial charge in [0.05, 0.1) is 17.2 Å². The van der Waals surface area contributed by atoms with Crippen LogP contribution in [-0.4, -0.2) is 57.1 Å². The highest BCUT2D eigenvalue weighted by Crippen LogP contribution is 2.33. The van der Waals surface area contributed by atoms with Crippen LogP contribution in [0.1, 0.15) is 33.3 Å². The van der Waals surface area contributed by atoms with Gasteiger partial charge in [0, 0.05) is 23.0 Å². The molecule has 0 aliphatic heterocycles. The molecule has 3 rings (SSSR count). The van der Waals surface area contributed by atoms with Crippen molar-refractivity contribution in [2.45, 2.75) is 50.1 Å². The van der Waals surface area contributed by atoms with E-state index in [4.69, 9.17) is 16.3 Å². The first-order valence-corrected chi connectivity index (χ1v) is 16.7. The second-order valence-corrected chi connectivity index (χ2v) is 13.2. The minimum absolute atomic E-state index is 0.0310. The molecule has 0 radical (unpaired) electrons. The number of carbonyl (C=O) groups excluding carboxylic acids is 2. The molecule has 3 aromatic carbocycles. The van der Waals surface area contributed by atoms with E-state index < -0.39 is 28.5 Å². The molecule has 0 saturated heterocycles. The highest BCUT2D eigenvalue weighted by molar-refractivity contribution is 7.98. The molecule has 0 saturated carbocycles. The van der Waals surface area contributed by atoms with Crippen LogP contribution in [-0.2, 0) is 26.2 Å². The van der Waals surface area contributed by atoms with Gasteiger partial charge in [-0.05, 0) is 80.1 Å². The minimum atomic E-state index is -4.22. The average molecular weight is 632 g/mol. The fraction of sp³-hybridized carbons (Fsp3) is 0.355. The van der Waals surface area contributed by atoms with Gasteiger partial charge in [-0.2, -0.15) is 0 Å². The number of rotatable bonds is 14. The van der Waals surface area contributed by atoms with Crippen molar-refractivity contribution < 1.29 is 22.7 Å². The summed E-state index contributed by atoms with van der Waals surface area (Å²) in [6.45, 7) is 7.62. The molecule has 0 bridgehead atoms. The molecule has 8 nitrogen and oxygen atoms in total. The van der Waals surface area contributed by atoms with Crippen molar-refractivity contribution in [2.75, 3.05) is 30.3 Å². The summed E-state index contributed by atoms with van der Waals surface area (Å²) < 4.78 is 35.1. The number of carbonyl (C=O) groups is 2. The van der Waals surface area contributed by atoms with Crippen molar-refractivity contribution in [3.63, 3.8) is 0 Å². The quantitative estimate of drug-likeness (QED) is 0.225. The van der Waals surface area contributed by atoms with Crippen LogP contribution in [0.3, 0.4) is 0 Å². The third kappa shape index (κ3) is 8.65. The number of nitrogens with one attached hydrogen (secondary N) is 1. The molecule has 3 aromatic rings. The van der Waals surface area contributed by atoms with Gasteiger partial charge in [-0.15, -0.1) is 11.8 Å². The molecule has 0 heterocycles. The van der Waals surface area contributed by atoms with E-state index in [1.54, 1.807) is 74.5 Å². The van der Waals surface area contributed by atoms with E-state index in [-0.39, 0.29) is 29.0 Å². The second-order valence-electron chi connectivity index (χ2n) is 10.1. The van der Waals surface area contributed by atoms with Gasteiger partial charge in [0.25, 0.3) is 10.0 Å². The van der Waals surface area contributed by atoms with Crippen LogP contribution >= 0.6 is 23.4 Å². The zero-order valence-corrected chi connectivity index (χ0v) is 26.9. The molecule has 0 fully saturated rings. The Balaban J connectivity index is 2.07. The molecule has 1 atom stereocenters. The van der Waals surface area contributed by atoms with Gasteiger partial charge in [-0.3, -0.25) is 13.9 Å². The molecule has 0 spiro atoms. The van der Waals surface area contributed by atoms with Crippen LogP contribution < -0.4 is 14.4 Å². The number of sulfonamides is 1. The Labute approximate surface area is 258 Å². The van der Waals surface area contributed by atoms with Gasteiger partial charge >= 0.3 is 0 Å². The van der Waals surface area contributed by atoms with Gasteiger partial charge < -0.3 is 15.0 Å². The Morgan fingerprint density at radius 2 is 1.69 bits per heavy atom. The molecule has 2 amide bonds. The smallest absolute Gasteiger partial charge is 0.264 e. The van der Waals surface area contributed by atoms with Gasteiger partial charge in [-0.25, -0.2) is 8.42 Å². The van der Waals surface area contributed by atoms with Gasteiger partial charge in [-0.1, -0.05) is 49.7 Å². The Bertz CT molecular complexity index is 1470. The van der Waals surface area contributed by atoms with Crippen molar-refractivity contribution in [3.05, 3.63) is 83.4 Å². The Hall–Kier alpha value is -3.21. The molecule has 0 unspecified atom stereocenters. The molecule has 226 valence electrons. The van der Waals surface area contributed by atoms with E-state index in [0.29, 0.717) is 29.5 Å². The van der Waals surface area contributed by atoms with Crippen molar-refractivity contribution in [1.82, 2.24) is 10.2 Å². The second kappa shape index (κ2) is 15.3. The summed E-state index contributed by atoms with van der Waals surface area (Å²) in [7, 11) is -4.22. The number of ether oxygens (including phenoxy) is 1. The first-order chi connectivity index (χ1) is 20.0. The number of amides is 2. The lowest BCUT2D eigenvalue weighted by Crippen LogP contribution is -2.51. The number of hydrogen-bond donors (Lipinski definition) is 1. The fourth-order valence-corrected chi connectivity index (χ4v) is 6.24. The van der Waals surface area contributed by atoms with Gasteiger partial charge in [0.2, 0.25) is 11.8 Å². The van der Waals surface area contributed by atoms with Crippen molar-refractivity contribution in [1.29, 1.82) is 0 Å². The van der Waals surface area contributed by atoms with Crippen molar-refractivity contribution in [2.24, 2.45) is 5.92 Å². The van der Waals surface area contributed by atoms with E-state index in [1.807, 2.05) is 20.1 Å². The highest BCUT2D eigenvalue weighted by Gasteiger charge is 2.34. The zero-order valence-electron chi connectivity index (χ0n) is 24.5. The van der Waals surface area contributed by atoms with E-state index in [1.165, 1.54) is 28.8 Å². The number of benzene rings is 3. The summed E-state index contributed by atoms with van der Waals surface area (Å²) in [6.07, 6.45) is 1.90. The SMILES string of the molecule is CCOc1ccccc1N(CC(=O)N(Cc1cccc(Cl)c1)[C@H](C)C(=O)NCC(C)C)S(=O)(=O)c1ccc(SC)cc1. The first-order valence-electron chi connectivity index (χ1n) is 13.7. The third-order valence-corrected chi connectivity index (χ3v) is 9.21. The van der Waals surface area contributed by atoms with Crippen LogP contribution in [0, 0.1) is 5.92 Å². The average Bonchev–Trinajstić information content (AvgIpc) is 2.97. The van der Waals surface area contributed by atoms with Crippen LogP contribution in [0.5, 0.6) is 5.75 Å². The van der Waals surface area contributed by atoms with Gasteiger partial charge in [0.15, 0.2) is 0 Å². The Kier molecular flexibility index (Phi) is 12.1. The first kappa shape index (κ1) is 33.3. The standard InChI is InChI=1S/C31H38ClN3O5S2/c1-6-40-29-13-8-7-12-28(29)35(42(38,39)27-16-14-26(41-5)15-17-27)21-30(36)34(20-24-10-9-11-25(32)18-24)23(4)31(37)33-19-22(2)3/h7-18,22-23H,6,19-21H2,1-5H3,(H,33,37)/t23-/m1/s1. The van der Waals surface area contributed by atoms with E-state index in [0.717, 1.165) is 9.20 Å². The maximum absolute atomic E-state index is 14.1. The molecule has 0 aliphatic rings. The number of para-hydroxylation sites is 2. The number of nitrogens with zero attached hydrogens (tertiary/aromatic N) is 2. The van der Waals surface area contributed by atoms with Crippen LogP contribution in [0.2, 0.25) is 5.02 Å². The third-order valence-electron chi connectivity index (χ3n) is 6.45. The predicted molar refractivity (Wildman–Crippen MR) is 170 cm³/mol. The number of anilines is 1. The van der Waals surface area contributed by atoms with Crippen LogP contribution in [0.15, 0.2) is 82.6 Å². The molecule has 0 aromatic heterocycles. The van der Waals surface area contributed by atoms with E-state index in [2.05, 4.69) is 5.32 Å². The largest absolute Gasteiger partial charge is 0.492 e. The molecular formula is C31H38ClN3O5S2. The van der Waals surface area contributed by atoms with Crippen molar-refractivity contribution in [3.8, 4) is 5.75 Å². The fourth-order valence-electron chi connectivity index (χ4n) is 4.20. The maximum atomic E-state index is 14.1. The summed E-state index contributed by atoms with van der Waals surface area (Å²) >= 11 is 7.70. The predicted octanol–water partition coefficient (Wildman–Crippen LogP) is 5.85. The lowest BCUT2D eigenvalue weighted by molar-refractivity contribution is -0.139. The Morgan fingerprint density at radius 1 is 1.00 bits per heavy atom. The van der Waals surface area contributed by atoms with Crippen LogP contribution in [0.25, 0.3) is 0 Å². The lowest BCUT2D eigenvalue weighted by atomic mass is 10.1. The maximum Gasteiger partial charge on any atom is 0.264 e. The van der Waals surface area contributed by atoms with E-state index >= 15 is 0 Å². The molecule has 42 heavy (non-hydrogen) atoms. The monoisotopic (exact) mass is 631 g/mol. The number of halogens is 1. The zero-order chi connectivity index (χ0) is 30.9. The number of hydrogen-bond acceptors (Lipinski definition) is 6. The summed E-state index contributed by atoms with van der Waals surface area (Å²) in [4.78, 5) is 29.6. The summed E-state index contributed by atoms with van der Waals surface area (Å²) in [5, 5.41) is 3.37. The topological polar surface area (TPSA) is 96.0 Å². The Morgan fingerprint density at radius 3 is 2.31 bits per heavy atom. The molecular weight excluding hydrogens is 594 g/mol. The van der Waals surface area contributed by atoms with Gasteiger partial charge in [0.1, 0.15) is 18.3 Å². The lowest BCUT2D eigenvalue weighted by Gasteiger charge is -2.32. The summed E-state index contributed by atoms with van der Waals surface area (Å²) in [5.41, 5.74) is 0.928. The van der Waals surface area contributed by atoms with Crippen molar-refractivity contribution >= 4 is 50.9 Å². The number of thioether (sulfide) groups is 1. The summed E-state index contributed by atoms with van der Waals surface area (Å²) in [6, 6.07) is 19.3. The van der Waals surface area contributed by atoms with E-state index in [9.17, 15) is 18.0 Å². The normalized spacial score (nSPS) is 12.1. The molecule has 1 N–H and O–H groups in total.